The van der Waals surface area contributed by atoms with Crippen molar-refractivity contribution in [2.75, 3.05) is 17.2 Å². The third-order valence-corrected chi connectivity index (χ3v) is 4.19. The van der Waals surface area contributed by atoms with E-state index in [0.29, 0.717) is 23.4 Å². The molecule has 3 N–H and O–H groups in total. The zero-order valence-corrected chi connectivity index (χ0v) is 14.0. The molecule has 5 nitrogen and oxygen atoms in total. The summed E-state index contributed by atoms with van der Waals surface area (Å²) in [6.07, 6.45) is 2.23. The Morgan fingerprint density at radius 2 is 2.00 bits per heavy atom. The summed E-state index contributed by atoms with van der Waals surface area (Å²) in [5, 5.41) is 15.7. The van der Waals surface area contributed by atoms with Gasteiger partial charge in [-0.3, -0.25) is 0 Å². The van der Waals surface area contributed by atoms with Crippen LogP contribution >= 0.6 is 0 Å². The molecule has 0 spiro atoms. The van der Waals surface area contributed by atoms with E-state index in [1.54, 1.807) is 18.2 Å². The van der Waals surface area contributed by atoms with Gasteiger partial charge in [0.05, 0.1) is 24.0 Å². The second-order valence-corrected chi connectivity index (χ2v) is 6.56. The number of aliphatic hydroxyl groups is 1. The Morgan fingerprint density at radius 3 is 2.62 bits per heavy atom. The van der Waals surface area contributed by atoms with Crippen LogP contribution in [0, 0.1) is 11.7 Å². The van der Waals surface area contributed by atoms with Crippen molar-refractivity contribution in [2.45, 2.75) is 38.6 Å². The van der Waals surface area contributed by atoms with Gasteiger partial charge < -0.3 is 15.7 Å². The molecule has 1 saturated carbocycles. The van der Waals surface area contributed by atoms with Crippen LogP contribution in [0.15, 0.2) is 30.3 Å². The smallest absolute Gasteiger partial charge is 0.225 e. The number of halogens is 1. The van der Waals surface area contributed by atoms with E-state index >= 15 is 0 Å². The van der Waals surface area contributed by atoms with Gasteiger partial charge in [0, 0.05) is 12.0 Å². The van der Waals surface area contributed by atoms with Gasteiger partial charge in [0.15, 0.2) is 0 Å². The number of nitrogens with zero attached hydrogens (tertiary/aromatic N) is 2. The van der Waals surface area contributed by atoms with Crippen LogP contribution in [-0.4, -0.2) is 27.7 Å². The quantitative estimate of drug-likeness (QED) is 0.723. The van der Waals surface area contributed by atoms with Crippen molar-refractivity contribution >= 4 is 17.5 Å². The summed E-state index contributed by atoms with van der Waals surface area (Å²) in [5.74, 6) is 1.38. The van der Waals surface area contributed by atoms with Gasteiger partial charge in [-0.15, -0.1) is 0 Å². The van der Waals surface area contributed by atoms with Gasteiger partial charge >= 0.3 is 0 Å². The Hall–Kier alpha value is -2.21. The predicted molar refractivity (Wildman–Crippen MR) is 93.0 cm³/mol. The summed E-state index contributed by atoms with van der Waals surface area (Å²) in [5.41, 5.74) is 1.33. The first-order valence-electron chi connectivity index (χ1n) is 8.34. The number of para-hydroxylation sites is 1. The number of benzene rings is 1. The lowest BCUT2D eigenvalue weighted by Crippen LogP contribution is -2.30. The molecule has 3 rings (SSSR count). The summed E-state index contributed by atoms with van der Waals surface area (Å²) in [6, 6.07) is 8.25. The van der Waals surface area contributed by atoms with Crippen LogP contribution in [0.4, 0.5) is 21.8 Å². The fourth-order valence-electron chi connectivity index (χ4n) is 2.47. The maximum atomic E-state index is 13.9. The molecule has 0 aliphatic heterocycles. The van der Waals surface area contributed by atoms with Crippen molar-refractivity contribution in [3.63, 3.8) is 0 Å². The van der Waals surface area contributed by atoms with Crippen LogP contribution < -0.4 is 10.6 Å². The van der Waals surface area contributed by atoms with E-state index < -0.39 is 0 Å². The molecule has 0 amide bonds. The first kappa shape index (κ1) is 16.6. The predicted octanol–water partition coefficient (Wildman–Crippen LogP) is 3.67. The number of hydrogen-bond acceptors (Lipinski definition) is 5. The average molecular weight is 330 g/mol. The van der Waals surface area contributed by atoms with Gasteiger partial charge in [-0.2, -0.15) is 4.98 Å². The summed E-state index contributed by atoms with van der Waals surface area (Å²) < 4.78 is 13.9. The maximum absolute atomic E-state index is 13.9. The van der Waals surface area contributed by atoms with Crippen molar-refractivity contribution in [1.29, 1.82) is 0 Å². The number of nitrogens with one attached hydrogen (secondary N) is 2. The summed E-state index contributed by atoms with van der Waals surface area (Å²) in [7, 11) is 0. The molecular formula is C18H23FN4O. The molecule has 1 atom stereocenters. The molecule has 1 heterocycles. The van der Waals surface area contributed by atoms with Crippen LogP contribution in [0.5, 0.6) is 0 Å². The molecule has 128 valence electrons. The summed E-state index contributed by atoms with van der Waals surface area (Å²) in [4.78, 5) is 9.00. The van der Waals surface area contributed by atoms with Gasteiger partial charge in [0.25, 0.3) is 0 Å². The Morgan fingerprint density at radius 1 is 1.25 bits per heavy atom. The van der Waals surface area contributed by atoms with E-state index in [9.17, 15) is 9.50 Å². The van der Waals surface area contributed by atoms with Crippen molar-refractivity contribution in [1.82, 2.24) is 9.97 Å². The SMILES string of the molecule is CC(C)[C@@H](CO)Nc1nc(Nc2ccccc2F)cc(C2CC2)n1. The molecule has 0 saturated heterocycles. The largest absolute Gasteiger partial charge is 0.394 e. The third kappa shape index (κ3) is 4.00. The summed E-state index contributed by atoms with van der Waals surface area (Å²) >= 11 is 0. The Labute approximate surface area is 141 Å². The molecule has 2 aromatic rings. The molecule has 0 unspecified atom stereocenters. The fraction of sp³-hybridized carbons (Fsp3) is 0.444. The summed E-state index contributed by atoms with van der Waals surface area (Å²) in [6.45, 7) is 4.05. The number of aliphatic hydroxyl groups excluding tert-OH is 1. The normalized spacial score (nSPS) is 15.4. The number of rotatable bonds is 7. The van der Waals surface area contributed by atoms with Crippen molar-refractivity contribution < 1.29 is 9.50 Å². The highest BCUT2D eigenvalue weighted by molar-refractivity contribution is 5.58. The van der Waals surface area contributed by atoms with E-state index in [-0.39, 0.29) is 24.4 Å². The zero-order valence-electron chi connectivity index (χ0n) is 14.0. The molecule has 1 aromatic carbocycles. The minimum atomic E-state index is -0.325. The topological polar surface area (TPSA) is 70.1 Å². The molecule has 1 aliphatic rings. The second kappa shape index (κ2) is 7.13. The van der Waals surface area contributed by atoms with E-state index in [1.165, 1.54) is 6.07 Å². The molecule has 0 radical (unpaired) electrons. The Balaban J connectivity index is 1.87. The van der Waals surface area contributed by atoms with E-state index in [1.807, 2.05) is 19.9 Å². The molecular weight excluding hydrogens is 307 g/mol. The minimum Gasteiger partial charge on any atom is -0.394 e. The van der Waals surface area contributed by atoms with Crippen molar-refractivity contribution in [3.8, 4) is 0 Å². The van der Waals surface area contributed by atoms with Gasteiger partial charge in [-0.25, -0.2) is 9.37 Å². The van der Waals surface area contributed by atoms with Crippen LogP contribution in [0.1, 0.15) is 38.3 Å². The van der Waals surface area contributed by atoms with E-state index in [4.69, 9.17) is 0 Å². The van der Waals surface area contributed by atoms with Crippen molar-refractivity contribution in [3.05, 3.63) is 41.8 Å². The third-order valence-electron chi connectivity index (χ3n) is 4.19. The Bertz CT molecular complexity index is 703. The van der Waals surface area contributed by atoms with Gasteiger partial charge in [0.2, 0.25) is 5.95 Å². The lowest BCUT2D eigenvalue weighted by molar-refractivity contribution is 0.248. The van der Waals surface area contributed by atoms with Gasteiger partial charge in [-0.05, 0) is 30.9 Å². The highest BCUT2D eigenvalue weighted by atomic mass is 19.1. The zero-order chi connectivity index (χ0) is 17.1. The highest BCUT2D eigenvalue weighted by Crippen LogP contribution is 2.40. The molecule has 24 heavy (non-hydrogen) atoms. The first-order chi connectivity index (χ1) is 11.6. The molecule has 1 aliphatic carbocycles. The lowest BCUT2D eigenvalue weighted by atomic mass is 10.1. The lowest BCUT2D eigenvalue weighted by Gasteiger charge is -2.20. The highest BCUT2D eigenvalue weighted by Gasteiger charge is 2.26. The molecule has 1 fully saturated rings. The number of hydrogen-bond donors (Lipinski definition) is 3. The van der Waals surface area contributed by atoms with Gasteiger partial charge in [0.1, 0.15) is 11.6 Å². The first-order valence-corrected chi connectivity index (χ1v) is 8.34. The standard InChI is InChI=1S/C18H23FN4O/c1-11(2)16(10-24)22-18-21-15(12-7-8-12)9-17(23-18)20-14-6-4-3-5-13(14)19/h3-6,9,11-12,16,24H,7-8,10H2,1-2H3,(H2,20,21,22,23)/t16-/m1/s1. The Kier molecular flexibility index (Phi) is 4.94. The number of aromatic nitrogens is 2. The fourth-order valence-corrected chi connectivity index (χ4v) is 2.47. The van der Waals surface area contributed by atoms with Crippen LogP contribution in [-0.2, 0) is 0 Å². The van der Waals surface area contributed by atoms with Crippen LogP contribution in [0.25, 0.3) is 0 Å². The monoisotopic (exact) mass is 330 g/mol. The van der Waals surface area contributed by atoms with Crippen LogP contribution in [0.2, 0.25) is 0 Å². The van der Waals surface area contributed by atoms with E-state index in [0.717, 1.165) is 18.5 Å². The molecule has 0 bridgehead atoms. The second-order valence-electron chi connectivity index (χ2n) is 6.56. The van der Waals surface area contributed by atoms with Crippen LogP contribution in [0.3, 0.4) is 0 Å². The molecule has 1 aromatic heterocycles. The number of anilines is 3. The average Bonchev–Trinajstić information content (AvgIpc) is 3.39. The minimum absolute atomic E-state index is 0.00472. The molecule has 6 heteroatoms. The van der Waals surface area contributed by atoms with Crippen molar-refractivity contribution in [2.24, 2.45) is 5.92 Å². The van der Waals surface area contributed by atoms with E-state index in [2.05, 4.69) is 20.6 Å². The van der Waals surface area contributed by atoms with Gasteiger partial charge in [-0.1, -0.05) is 26.0 Å². The maximum Gasteiger partial charge on any atom is 0.225 e.